The van der Waals surface area contributed by atoms with E-state index in [1.165, 1.54) is 6.07 Å². The molecule has 0 bridgehead atoms. The molecule has 20 heavy (non-hydrogen) atoms. The monoisotopic (exact) mass is 279 g/mol. The molecule has 1 aromatic heterocycles. The van der Waals surface area contributed by atoms with Crippen molar-refractivity contribution in [1.82, 2.24) is 4.98 Å². The number of benzene rings is 2. The summed E-state index contributed by atoms with van der Waals surface area (Å²) in [6, 6.07) is 9.44. The molecule has 0 unspecified atom stereocenters. The molecule has 0 radical (unpaired) electrons. The summed E-state index contributed by atoms with van der Waals surface area (Å²) in [6.07, 6.45) is -5.02. The van der Waals surface area contributed by atoms with Gasteiger partial charge in [-0.15, -0.1) is 0 Å². The van der Waals surface area contributed by atoms with Crippen LogP contribution in [0, 0.1) is 0 Å². The lowest BCUT2D eigenvalue weighted by Gasteiger charge is -2.07. The molecule has 0 saturated carbocycles. The summed E-state index contributed by atoms with van der Waals surface area (Å²) in [5.74, 6) is -2.74. The van der Waals surface area contributed by atoms with E-state index in [4.69, 9.17) is 0 Å². The molecule has 0 fully saturated rings. The van der Waals surface area contributed by atoms with Crippen LogP contribution in [0.2, 0.25) is 0 Å². The van der Waals surface area contributed by atoms with E-state index >= 15 is 0 Å². The predicted octanol–water partition coefficient (Wildman–Crippen LogP) is 3.77. The minimum absolute atomic E-state index is 0.126. The Bertz CT molecular complexity index is 833. The molecule has 0 saturated heterocycles. The highest BCUT2D eigenvalue weighted by Crippen LogP contribution is 2.36. The lowest BCUT2D eigenvalue weighted by molar-refractivity contribution is -0.0886. The Kier molecular flexibility index (Phi) is 2.50. The molecule has 3 aromatic rings. The summed E-state index contributed by atoms with van der Waals surface area (Å²) >= 11 is 0. The van der Waals surface area contributed by atoms with E-state index in [2.05, 4.69) is 4.98 Å². The third kappa shape index (κ3) is 1.72. The molecule has 2 N–H and O–H groups in total. The van der Waals surface area contributed by atoms with Crippen molar-refractivity contribution < 1.29 is 23.1 Å². The van der Waals surface area contributed by atoms with Gasteiger partial charge in [0.25, 0.3) is 5.78 Å². The zero-order chi connectivity index (χ0) is 14.5. The average Bonchev–Trinajstić information content (AvgIpc) is 2.77. The molecular formula is C14H8F3NO2. The number of H-pyrrole nitrogens is 1. The van der Waals surface area contributed by atoms with Crippen LogP contribution in [0.4, 0.5) is 13.2 Å². The number of para-hydroxylation sites is 1. The highest BCUT2D eigenvalue weighted by atomic mass is 19.4. The molecule has 3 rings (SSSR count). The first-order valence-corrected chi connectivity index (χ1v) is 5.73. The van der Waals surface area contributed by atoms with Crippen LogP contribution in [0.3, 0.4) is 0 Å². The highest BCUT2D eigenvalue weighted by Gasteiger charge is 2.41. The highest BCUT2D eigenvalue weighted by molar-refractivity contribution is 6.13. The number of ketones is 1. The summed E-state index contributed by atoms with van der Waals surface area (Å²) in [7, 11) is 0. The molecule has 1 heterocycles. The second-order valence-electron chi connectivity index (χ2n) is 4.38. The first-order valence-electron chi connectivity index (χ1n) is 5.73. The predicted molar refractivity (Wildman–Crippen MR) is 67.9 cm³/mol. The number of halogens is 3. The van der Waals surface area contributed by atoms with Crippen LogP contribution in [-0.2, 0) is 0 Å². The van der Waals surface area contributed by atoms with E-state index in [1.807, 2.05) is 0 Å². The van der Waals surface area contributed by atoms with Crippen molar-refractivity contribution in [3.63, 3.8) is 0 Å². The number of phenolic OH excluding ortho intramolecular Hbond substituents is 1. The number of hydrogen-bond donors (Lipinski definition) is 2. The third-order valence-electron chi connectivity index (χ3n) is 3.16. The summed E-state index contributed by atoms with van der Waals surface area (Å²) in [5.41, 5.74) is 0.0484. The molecule has 0 aliphatic carbocycles. The van der Waals surface area contributed by atoms with Crippen molar-refractivity contribution in [1.29, 1.82) is 0 Å². The van der Waals surface area contributed by atoms with Gasteiger partial charge in [-0.1, -0.05) is 24.3 Å². The van der Waals surface area contributed by atoms with E-state index in [-0.39, 0.29) is 5.52 Å². The van der Waals surface area contributed by atoms with Crippen molar-refractivity contribution in [2.45, 2.75) is 6.18 Å². The largest absolute Gasteiger partial charge is 0.505 e. The van der Waals surface area contributed by atoms with Gasteiger partial charge < -0.3 is 10.1 Å². The van der Waals surface area contributed by atoms with Gasteiger partial charge in [-0.3, -0.25) is 4.79 Å². The Morgan fingerprint density at radius 2 is 1.75 bits per heavy atom. The molecule has 3 nitrogen and oxygen atoms in total. The Labute approximate surface area is 110 Å². The summed E-state index contributed by atoms with van der Waals surface area (Å²) in [6.45, 7) is 0. The molecule has 0 amide bonds. The quantitative estimate of drug-likeness (QED) is 0.666. The molecule has 6 heteroatoms. The number of carbonyl (C=O) groups excluding carboxylic acids is 1. The van der Waals surface area contributed by atoms with Gasteiger partial charge in [-0.25, -0.2) is 0 Å². The van der Waals surface area contributed by atoms with Gasteiger partial charge in [0.15, 0.2) is 5.75 Å². The second kappa shape index (κ2) is 4.00. The maximum atomic E-state index is 12.4. The van der Waals surface area contributed by atoms with E-state index in [9.17, 15) is 23.1 Å². The van der Waals surface area contributed by atoms with Crippen LogP contribution < -0.4 is 0 Å². The lowest BCUT2D eigenvalue weighted by atomic mass is 10.1. The number of aromatic hydroxyl groups is 1. The van der Waals surface area contributed by atoms with Gasteiger partial charge in [0, 0.05) is 16.3 Å². The van der Waals surface area contributed by atoms with Crippen LogP contribution in [0.1, 0.15) is 10.4 Å². The molecule has 0 spiro atoms. The molecular weight excluding hydrogens is 271 g/mol. The summed E-state index contributed by atoms with van der Waals surface area (Å²) in [4.78, 5) is 14.1. The first-order chi connectivity index (χ1) is 9.39. The molecule has 0 aliphatic rings. The SMILES string of the molecule is O=C(c1ccc2c([nH]c3ccccc32)c1O)C(F)(F)F. The van der Waals surface area contributed by atoms with Crippen molar-refractivity contribution in [3.8, 4) is 5.75 Å². The van der Waals surface area contributed by atoms with E-state index in [0.717, 1.165) is 11.5 Å². The maximum Gasteiger partial charge on any atom is 0.455 e. The fourth-order valence-electron chi connectivity index (χ4n) is 2.24. The topological polar surface area (TPSA) is 53.1 Å². The van der Waals surface area contributed by atoms with Gasteiger partial charge in [0.1, 0.15) is 0 Å². The zero-order valence-electron chi connectivity index (χ0n) is 9.95. The number of Topliss-reactive ketones (excluding diaryl/α,β-unsaturated/α-hetero) is 1. The van der Waals surface area contributed by atoms with E-state index in [1.54, 1.807) is 24.3 Å². The fourth-order valence-corrected chi connectivity index (χ4v) is 2.24. The van der Waals surface area contributed by atoms with Crippen LogP contribution in [0.5, 0.6) is 5.75 Å². The Morgan fingerprint density at radius 3 is 2.45 bits per heavy atom. The minimum Gasteiger partial charge on any atom is -0.505 e. The Hall–Kier alpha value is -2.50. The molecule has 102 valence electrons. The molecule has 0 atom stereocenters. The lowest BCUT2D eigenvalue weighted by Crippen LogP contribution is -2.22. The summed E-state index contributed by atoms with van der Waals surface area (Å²) < 4.78 is 37.3. The van der Waals surface area contributed by atoms with Gasteiger partial charge >= 0.3 is 6.18 Å². The fraction of sp³-hybridized carbons (Fsp3) is 0.0714. The van der Waals surface area contributed by atoms with Gasteiger partial charge in [0.05, 0.1) is 11.1 Å². The number of carbonyl (C=O) groups is 1. The number of phenols is 1. The van der Waals surface area contributed by atoms with Crippen LogP contribution in [-0.4, -0.2) is 22.1 Å². The number of hydrogen-bond acceptors (Lipinski definition) is 2. The average molecular weight is 279 g/mol. The number of aromatic nitrogens is 1. The number of rotatable bonds is 1. The van der Waals surface area contributed by atoms with Crippen molar-refractivity contribution in [2.75, 3.05) is 0 Å². The molecule has 2 aromatic carbocycles. The standard InChI is InChI=1S/C14H8F3NO2/c15-14(16,17)13(20)9-6-5-8-7-3-1-2-4-10(7)18-11(8)12(9)19/h1-6,18-19H. The van der Waals surface area contributed by atoms with Crippen molar-refractivity contribution in [3.05, 3.63) is 42.0 Å². The Balaban J connectivity index is 2.31. The van der Waals surface area contributed by atoms with Crippen molar-refractivity contribution in [2.24, 2.45) is 0 Å². The third-order valence-corrected chi connectivity index (χ3v) is 3.16. The van der Waals surface area contributed by atoms with Crippen LogP contribution >= 0.6 is 0 Å². The van der Waals surface area contributed by atoms with E-state index < -0.39 is 23.3 Å². The zero-order valence-corrected chi connectivity index (χ0v) is 9.95. The number of aromatic amines is 1. The van der Waals surface area contributed by atoms with Gasteiger partial charge in [-0.2, -0.15) is 13.2 Å². The first kappa shape index (κ1) is 12.5. The maximum absolute atomic E-state index is 12.4. The summed E-state index contributed by atoms with van der Waals surface area (Å²) in [5, 5.41) is 11.3. The minimum atomic E-state index is -5.02. The number of alkyl halides is 3. The van der Waals surface area contributed by atoms with Crippen LogP contribution in [0.25, 0.3) is 21.8 Å². The van der Waals surface area contributed by atoms with Crippen molar-refractivity contribution >= 4 is 27.6 Å². The van der Waals surface area contributed by atoms with Gasteiger partial charge in [-0.05, 0) is 12.1 Å². The number of fused-ring (bicyclic) bond motifs is 3. The Morgan fingerprint density at radius 1 is 1.05 bits per heavy atom. The van der Waals surface area contributed by atoms with E-state index in [0.29, 0.717) is 10.9 Å². The number of nitrogens with one attached hydrogen (secondary N) is 1. The van der Waals surface area contributed by atoms with Crippen LogP contribution in [0.15, 0.2) is 36.4 Å². The smallest absolute Gasteiger partial charge is 0.455 e. The van der Waals surface area contributed by atoms with Gasteiger partial charge in [0.2, 0.25) is 0 Å². The molecule has 0 aliphatic heterocycles. The normalized spacial score (nSPS) is 12.2. The second-order valence-corrected chi connectivity index (χ2v) is 4.38.